The van der Waals surface area contributed by atoms with Gasteiger partial charge in [0.15, 0.2) is 5.96 Å². The maximum atomic E-state index is 11.5. The van der Waals surface area contributed by atoms with Crippen molar-refractivity contribution < 1.29 is 9.59 Å². The molecule has 0 aromatic rings. The van der Waals surface area contributed by atoms with E-state index in [1.807, 2.05) is 0 Å². The Hall–Kier alpha value is -1.83. The minimum absolute atomic E-state index is 0.119. The fourth-order valence-corrected chi connectivity index (χ4v) is 1.28. The van der Waals surface area contributed by atoms with E-state index in [0.717, 1.165) is 0 Å². The SMILES string of the molecule is CNC(=O)[C@H](CCCNC(=N)N)NC(=O)[C@H](C)N. The van der Waals surface area contributed by atoms with E-state index in [1.54, 1.807) is 6.92 Å². The normalized spacial score (nSPS) is 13.3. The first-order valence-corrected chi connectivity index (χ1v) is 5.74. The van der Waals surface area contributed by atoms with E-state index in [4.69, 9.17) is 16.9 Å². The third-order valence-corrected chi connectivity index (χ3v) is 2.28. The molecule has 0 spiro atoms. The lowest BCUT2D eigenvalue weighted by atomic mass is 10.1. The lowest BCUT2D eigenvalue weighted by molar-refractivity contribution is -0.129. The van der Waals surface area contributed by atoms with Gasteiger partial charge in [-0.1, -0.05) is 0 Å². The first-order valence-electron chi connectivity index (χ1n) is 5.74. The molecule has 0 bridgehead atoms. The zero-order chi connectivity index (χ0) is 14.1. The number of guanidine groups is 1. The van der Waals surface area contributed by atoms with Crippen molar-refractivity contribution in [2.24, 2.45) is 11.5 Å². The molecule has 0 aromatic carbocycles. The van der Waals surface area contributed by atoms with Gasteiger partial charge in [0.25, 0.3) is 0 Å². The zero-order valence-corrected chi connectivity index (χ0v) is 10.7. The Bertz CT molecular complexity index is 305. The van der Waals surface area contributed by atoms with Crippen molar-refractivity contribution in [3.63, 3.8) is 0 Å². The third-order valence-electron chi connectivity index (χ3n) is 2.28. The smallest absolute Gasteiger partial charge is 0.242 e. The van der Waals surface area contributed by atoms with Crippen LogP contribution in [0.4, 0.5) is 0 Å². The van der Waals surface area contributed by atoms with Gasteiger partial charge < -0.3 is 27.4 Å². The van der Waals surface area contributed by atoms with Gasteiger partial charge in [-0.3, -0.25) is 15.0 Å². The van der Waals surface area contributed by atoms with E-state index < -0.39 is 12.1 Å². The van der Waals surface area contributed by atoms with Crippen LogP contribution in [0.1, 0.15) is 19.8 Å². The Morgan fingerprint density at radius 3 is 2.39 bits per heavy atom. The van der Waals surface area contributed by atoms with Gasteiger partial charge in [0.05, 0.1) is 6.04 Å². The highest BCUT2D eigenvalue weighted by Crippen LogP contribution is 1.97. The second-order valence-electron chi connectivity index (χ2n) is 3.95. The van der Waals surface area contributed by atoms with Crippen LogP contribution in [0.3, 0.4) is 0 Å². The fraction of sp³-hybridized carbons (Fsp3) is 0.700. The Labute approximate surface area is 106 Å². The van der Waals surface area contributed by atoms with Crippen molar-refractivity contribution in [1.29, 1.82) is 5.41 Å². The van der Waals surface area contributed by atoms with Crippen LogP contribution in [0.25, 0.3) is 0 Å². The molecule has 8 N–H and O–H groups in total. The van der Waals surface area contributed by atoms with E-state index in [-0.39, 0.29) is 17.8 Å². The molecule has 8 heteroatoms. The molecule has 104 valence electrons. The molecule has 0 aliphatic rings. The molecule has 0 radical (unpaired) electrons. The number of rotatable bonds is 7. The highest BCUT2D eigenvalue weighted by molar-refractivity contribution is 5.89. The average Bonchev–Trinajstić information content (AvgIpc) is 2.31. The fourth-order valence-electron chi connectivity index (χ4n) is 1.28. The van der Waals surface area contributed by atoms with E-state index in [0.29, 0.717) is 19.4 Å². The third kappa shape index (κ3) is 6.69. The van der Waals surface area contributed by atoms with Gasteiger partial charge in [-0.15, -0.1) is 0 Å². The molecule has 8 nitrogen and oxygen atoms in total. The van der Waals surface area contributed by atoms with E-state index in [2.05, 4.69) is 16.0 Å². The summed E-state index contributed by atoms with van der Waals surface area (Å²) in [5.41, 5.74) is 10.5. The average molecular weight is 258 g/mol. The van der Waals surface area contributed by atoms with Crippen molar-refractivity contribution in [3.05, 3.63) is 0 Å². The summed E-state index contributed by atoms with van der Waals surface area (Å²) < 4.78 is 0. The quantitative estimate of drug-likeness (QED) is 0.175. The number of nitrogens with one attached hydrogen (secondary N) is 4. The van der Waals surface area contributed by atoms with Crippen molar-refractivity contribution in [1.82, 2.24) is 16.0 Å². The molecule has 0 unspecified atom stereocenters. The van der Waals surface area contributed by atoms with E-state index in [1.165, 1.54) is 7.05 Å². The molecule has 0 rings (SSSR count). The second-order valence-corrected chi connectivity index (χ2v) is 3.95. The lowest BCUT2D eigenvalue weighted by Gasteiger charge is -2.18. The number of likely N-dealkylation sites (N-methyl/N-ethyl adjacent to an activating group) is 1. The van der Waals surface area contributed by atoms with E-state index in [9.17, 15) is 9.59 Å². The summed E-state index contributed by atoms with van der Waals surface area (Å²) in [6.07, 6.45) is 1.04. The summed E-state index contributed by atoms with van der Waals surface area (Å²) in [5.74, 6) is -0.763. The standard InChI is InChI=1S/C10H22N6O2/c1-6(11)8(17)16-7(9(18)14-2)4-3-5-15-10(12)13/h6-7H,3-5,11H2,1-2H3,(H,14,18)(H,16,17)(H4,12,13,15)/t6-,7-/m0/s1. The summed E-state index contributed by atoms with van der Waals surface area (Å²) in [5, 5.41) is 14.6. The molecule has 18 heavy (non-hydrogen) atoms. The molecule has 0 saturated heterocycles. The molecule has 0 aromatic heterocycles. The highest BCUT2D eigenvalue weighted by Gasteiger charge is 2.20. The molecule has 2 atom stereocenters. The van der Waals surface area contributed by atoms with Gasteiger partial charge in [-0.05, 0) is 19.8 Å². The van der Waals surface area contributed by atoms with Crippen LogP contribution in [-0.4, -0.2) is 43.5 Å². The molecular formula is C10H22N6O2. The Balaban J connectivity index is 4.20. The Kier molecular flexibility index (Phi) is 7.45. The molecule has 0 heterocycles. The van der Waals surface area contributed by atoms with Crippen LogP contribution in [-0.2, 0) is 9.59 Å². The number of hydrogen-bond donors (Lipinski definition) is 6. The Morgan fingerprint density at radius 1 is 1.33 bits per heavy atom. The maximum Gasteiger partial charge on any atom is 0.242 e. The van der Waals surface area contributed by atoms with Crippen molar-refractivity contribution in [2.75, 3.05) is 13.6 Å². The molecule has 0 aliphatic carbocycles. The highest BCUT2D eigenvalue weighted by atomic mass is 16.2. The van der Waals surface area contributed by atoms with Gasteiger partial charge in [0, 0.05) is 13.6 Å². The van der Waals surface area contributed by atoms with Gasteiger partial charge in [-0.2, -0.15) is 0 Å². The largest absolute Gasteiger partial charge is 0.370 e. The molecule has 0 fully saturated rings. The molecule has 2 amide bonds. The number of carbonyl (C=O) groups is 2. The predicted molar refractivity (Wildman–Crippen MR) is 68.8 cm³/mol. The van der Waals surface area contributed by atoms with Gasteiger partial charge >= 0.3 is 0 Å². The molecule has 0 saturated carbocycles. The van der Waals surface area contributed by atoms with Crippen LogP contribution >= 0.6 is 0 Å². The number of nitrogens with two attached hydrogens (primary N) is 2. The van der Waals surface area contributed by atoms with Crippen LogP contribution in [0.2, 0.25) is 0 Å². The van der Waals surface area contributed by atoms with Crippen LogP contribution in [0.5, 0.6) is 0 Å². The van der Waals surface area contributed by atoms with Gasteiger partial charge in [0.1, 0.15) is 6.04 Å². The van der Waals surface area contributed by atoms with Crippen LogP contribution < -0.4 is 27.4 Å². The monoisotopic (exact) mass is 258 g/mol. The second kappa shape index (κ2) is 8.29. The maximum absolute atomic E-state index is 11.5. The molecular weight excluding hydrogens is 236 g/mol. The van der Waals surface area contributed by atoms with Crippen LogP contribution in [0.15, 0.2) is 0 Å². The summed E-state index contributed by atoms with van der Waals surface area (Å²) in [7, 11) is 1.50. The van der Waals surface area contributed by atoms with Gasteiger partial charge in [-0.25, -0.2) is 0 Å². The summed E-state index contributed by atoms with van der Waals surface area (Å²) in [4.78, 5) is 23.0. The Morgan fingerprint density at radius 2 is 1.94 bits per heavy atom. The van der Waals surface area contributed by atoms with Crippen molar-refractivity contribution in [2.45, 2.75) is 31.8 Å². The number of carbonyl (C=O) groups excluding carboxylic acids is 2. The minimum Gasteiger partial charge on any atom is -0.370 e. The number of amides is 2. The first kappa shape index (κ1) is 16.2. The lowest BCUT2D eigenvalue weighted by Crippen LogP contribution is -2.50. The topological polar surface area (TPSA) is 146 Å². The minimum atomic E-state index is -0.660. The van der Waals surface area contributed by atoms with Gasteiger partial charge in [0.2, 0.25) is 11.8 Å². The summed E-state index contributed by atoms with van der Waals surface area (Å²) >= 11 is 0. The van der Waals surface area contributed by atoms with Crippen molar-refractivity contribution in [3.8, 4) is 0 Å². The van der Waals surface area contributed by atoms with Crippen molar-refractivity contribution >= 4 is 17.8 Å². The summed E-state index contributed by atoms with van der Waals surface area (Å²) in [6.45, 7) is 2.02. The van der Waals surface area contributed by atoms with Crippen LogP contribution in [0, 0.1) is 5.41 Å². The molecule has 0 aliphatic heterocycles. The summed E-state index contributed by atoms with van der Waals surface area (Å²) in [6, 6.07) is -1.28. The zero-order valence-electron chi connectivity index (χ0n) is 10.7. The van der Waals surface area contributed by atoms with E-state index >= 15 is 0 Å². The first-order chi connectivity index (χ1) is 8.38. The number of hydrogen-bond acceptors (Lipinski definition) is 4. The predicted octanol–water partition coefficient (Wildman–Crippen LogP) is -2.17.